The van der Waals surface area contributed by atoms with Crippen molar-refractivity contribution in [2.24, 2.45) is 11.0 Å². The zero-order valence-electron chi connectivity index (χ0n) is 11.6. The molecule has 0 radical (unpaired) electrons. The maximum atomic E-state index is 12.2. The summed E-state index contributed by atoms with van der Waals surface area (Å²) in [5, 5.41) is 3.23. The molecule has 0 saturated carbocycles. The van der Waals surface area contributed by atoms with E-state index in [9.17, 15) is 4.79 Å². The summed E-state index contributed by atoms with van der Waals surface area (Å²) in [4.78, 5) is 14.8. The van der Waals surface area contributed by atoms with Gasteiger partial charge in [-0.15, -0.1) is 5.53 Å². The van der Waals surface area contributed by atoms with Gasteiger partial charge in [-0.2, -0.15) is 4.91 Å². The first-order valence-electron chi connectivity index (χ1n) is 6.54. The summed E-state index contributed by atoms with van der Waals surface area (Å²) in [7, 11) is 0. The summed E-state index contributed by atoms with van der Waals surface area (Å²) < 4.78 is 10.5. The fourth-order valence-electron chi connectivity index (χ4n) is 1.58. The van der Waals surface area contributed by atoms with Crippen molar-refractivity contribution in [3.05, 3.63) is 46.3 Å². The Hall–Kier alpha value is -2.12. The molecule has 3 N–H and O–H groups in total. The lowest BCUT2D eigenvalue weighted by atomic mass is 10.1. The van der Waals surface area contributed by atoms with Crippen LogP contribution in [0.5, 0.6) is 0 Å². The molecule has 1 aromatic rings. The van der Waals surface area contributed by atoms with Crippen molar-refractivity contribution in [3.8, 4) is 0 Å². The first kappa shape index (κ1) is 16.9. The number of nitrogens with one attached hydrogen (secondary N) is 1. The average molecular weight is 293 g/mol. The predicted molar refractivity (Wildman–Crippen MR) is 77.5 cm³/mol. The van der Waals surface area contributed by atoms with Gasteiger partial charge in [0.05, 0.1) is 26.4 Å². The van der Waals surface area contributed by atoms with E-state index in [1.807, 2.05) is 6.07 Å². The van der Waals surface area contributed by atoms with Crippen molar-refractivity contribution in [3.63, 3.8) is 0 Å². The largest absolute Gasteiger partial charge is 0.378 e. The molecule has 8 nitrogen and oxygen atoms in total. The molecule has 0 aromatic heterocycles. The molecule has 21 heavy (non-hydrogen) atoms. The van der Waals surface area contributed by atoms with Gasteiger partial charge in [0.25, 0.3) is 0 Å². The maximum Gasteiger partial charge on any atom is 0.209 e. The Labute approximate surface area is 122 Å². The number of ether oxygens (including phenoxy) is 2. The summed E-state index contributed by atoms with van der Waals surface area (Å²) in [5.41, 5.74) is 16.6. The molecule has 0 amide bonds. The van der Waals surface area contributed by atoms with E-state index in [0.717, 1.165) is 0 Å². The van der Waals surface area contributed by atoms with Crippen LogP contribution in [0.3, 0.4) is 0 Å². The van der Waals surface area contributed by atoms with E-state index in [4.69, 9.17) is 20.7 Å². The summed E-state index contributed by atoms with van der Waals surface area (Å²) in [6.07, 6.45) is 0. The fraction of sp³-hybridized carbons (Fsp3) is 0.462. The molecule has 0 aliphatic heterocycles. The minimum Gasteiger partial charge on any atom is -0.378 e. The second kappa shape index (κ2) is 10.6. The molecule has 1 aromatic carbocycles. The van der Waals surface area contributed by atoms with Crippen molar-refractivity contribution in [2.75, 3.05) is 33.0 Å². The predicted octanol–water partition coefficient (Wildman–Crippen LogP) is 1.04. The molecule has 0 aliphatic rings. The average Bonchev–Trinajstić information content (AvgIpc) is 2.53. The van der Waals surface area contributed by atoms with Gasteiger partial charge in [-0.05, 0) is 5.22 Å². The lowest BCUT2D eigenvalue weighted by molar-refractivity contribution is 0.0400. The minimum atomic E-state index is -0.738. The van der Waals surface area contributed by atoms with Crippen LogP contribution in [0.15, 0.2) is 35.6 Å². The Bertz CT molecular complexity index is 462. The van der Waals surface area contributed by atoms with E-state index in [1.165, 1.54) is 0 Å². The third kappa shape index (κ3) is 6.73. The SMILES string of the molecule is [N-]=[N+]=NNC(COCCOCCN)C(=O)c1ccccc1. The third-order valence-electron chi connectivity index (χ3n) is 2.55. The van der Waals surface area contributed by atoms with Crippen LogP contribution >= 0.6 is 0 Å². The number of carbonyl (C=O) groups excluding carboxylic acids is 1. The number of hydrogen-bond acceptors (Lipinski definition) is 5. The van der Waals surface area contributed by atoms with Crippen LogP contribution in [0.2, 0.25) is 0 Å². The Morgan fingerprint density at radius 2 is 2.00 bits per heavy atom. The molecule has 0 spiro atoms. The number of benzene rings is 1. The topological polar surface area (TPSA) is 122 Å². The standard InChI is InChI=1S/C13H19N5O3/c14-6-7-20-8-9-21-10-12(16-18-17-15)13(19)11-4-2-1-3-5-11/h1-5,12,16H,6-10,14H2. The molecule has 114 valence electrons. The molecule has 1 rings (SSSR count). The van der Waals surface area contributed by atoms with Gasteiger partial charge in [0.15, 0.2) is 6.04 Å². The summed E-state index contributed by atoms with van der Waals surface area (Å²) in [6, 6.07) is 7.99. The summed E-state index contributed by atoms with van der Waals surface area (Å²) in [6.45, 7) is 1.72. The number of azide groups is 1. The fourth-order valence-corrected chi connectivity index (χ4v) is 1.58. The van der Waals surface area contributed by atoms with Crippen LogP contribution in [0.1, 0.15) is 10.4 Å². The minimum absolute atomic E-state index is 0.0821. The van der Waals surface area contributed by atoms with Gasteiger partial charge in [-0.1, -0.05) is 30.3 Å². The van der Waals surface area contributed by atoms with E-state index in [2.05, 4.69) is 15.6 Å². The van der Waals surface area contributed by atoms with Gasteiger partial charge in [0.1, 0.15) is 0 Å². The molecule has 8 heteroatoms. The number of ketones is 1. The van der Waals surface area contributed by atoms with Crippen LogP contribution in [0.25, 0.3) is 10.4 Å². The van der Waals surface area contributed by atoms with Crippen LogP contribution in [0, 0.1) is 0 Å². The summed E-state index contributed by atoms with van der Waals surface area (Å²) >= 11 is 0. The number of hydrogen-bond donors (Lipinski definition) is 2. The van der Waals surface area contributed by atoms with Crippen molar-refractivity contribution >= 4 is 5.78 Å². The number of nitrogens with zero attached hydrogens (tertiary/aromatic N) is 3. The summed E-state index contributed by atoms with van der Waals surface area (Å²) in [5.74, 6) is -0.203. The zero-order chi connectivity index (χ0) is 15.3. The van der Waals surface area contributed by atoms with Crippen molar-refractivity contribution in [2.45, 2.75) is 6.04 Å². The van der Waals surface area contributed by atoms with Crippen molar-refractivity contribution in [1.82, 2.24) is 5.43 Å². The quantitative estimate of drug-likeness (QED) is 0.158. The normalized spacial score (nSPS) is 11.5. The molecule has 1 atom stereocenters. The van der Waals surface area contributed by atoms with E-state index in [-0.39, 0.29) is 12.4 Å². The Morgan fingerprint density at radius 3 is 2.67 bits per heavy atom. The van der Waals surface area contributed by atoms with Crippen LogP contribution in [-0.4, -0.2) is 44.8 Å². The zero-order valence-corrected chi connectivity index (χ0v) is 11.6. The molecule has 0 bridgehead atoms. The van der Waals surface area contributed by atoms with Gasteiger partial charge < -0.3 is 15.2 Å². The molecule has 1 unspecified atom stereocenters. The molecular formula is C13H19N5O3. The van der Waals surface area contributed by atoms with E-state index >= 15 is 0 Å². The maximum absolute atomic E-state index is 12.2. The van der Waals surface area contributed by atoms with Crippen molar-refractivity contribution in [1.29, 1.82) is 0 Å². The highest BCUT2D eigenvalue weighted by atomic mass is 16.5. The highest BCUT2D eigenvalue weighted by Crippen LogP contribution is 2.04. The second-order valence-corrected chi connectivity index (χ2v) is 4.08. The third-order valence-corrected chi connectivity index (χ3v) is 2.55. The Kier molecular flexibility index (Phi) is 8.58. The smallest absolute Gasteiger partial charge is 0.209 e. The molecule has 0 fully saturated rings. The highest BCUT2D eigenvalue weighted by Gasteiger charge is 2.22. The second-order valence-electron chi connectivity index (χ2n) is 4.08. The van der Waals surface area contributed by atoms with Crippen LogP contribution in [0.4, 0.5) is 0 Å². The van der Waals surface area contributed by atoms with Crippen LogP contribution in [-0.2, 0) is 9.47 Å². The highest BCUT2D eigenvalue weighted by molar-refractivity contribution is 6.00. The number of rotatable bonds is 11. The van der Waals surface area contributed by atoms with Gasteiger partial charge in [-0.3, -0.25) is 4.79 Å². The first-order valence-corrected chi connectivity index (χ1v) is 6.54. The first-order chi connectivity index (χ1) is 10.3. The van der Waals surface area contributed by atoms with Gasteiger partial charge >= 0.3 is 0 Å². The van der Waals surface area contributed by atoms with Gasteiger partial charge in [0.2, 0.25) is 5.78 Å². The lowest BCUT2D eigenvalue weighted by Crippen LogP contribution is -2.37. The molecule has 0 heterocycles. The van der Waals surface area contributed by atoms with Crippen LogP contribution < -0.4 is 11.2 Å². The Morgan fingerprint density at radius 1 is 1.29 bits per heavy atom. The van der Waals surface area contributed by atoms with Gasteiger partial charge in [-0.25, -0.2) is 5.43 Å². The number of carbonyl (C=O) groups is 1. The number of nitrogens with two attached hydrogens (primary N) is 1. The Balaban J connectivity index is 2.47. The lowest BCUT2D eigenvalue weighted by Gasteiger charge is -2.13. The van der Waals surface area contributed by atoms with Gasteiger partial charge in [0, 0.05) is 12.1 Å². The molecular weight excluding hydrogens is 274 g/mol. The molecule has 0 saturated heterocycles. The van der Waals surface area contributed by atoms with E-state index in [0.29, 0.717) is 31.9 Å². The molecule has 0 aliphatic carbocycles. The van der Waals surface area contributed by atoms with E-state index in [1.54, 1.807) is 24.3 Å². The van der Waals surface area contributed by atoms with E-state index < -0.39 is 6.04 Å². The number of Topliss-reactive ketones (excluding diaryl/α,β-unsaturated/α-hetero) is 1. The van der Waals surface area contributed by atoms with Crippen molar-refractivity contribution < 1.29 is 14.3 Å². The monoisotopic (exact) mass is 293 g/mol.